The van der Waals surface area contributed by atoms with Gasteiger partial charge in [0.25, 0.3) is 11.5 Å². The molecule has 0 aliphatic rings. The first-order valence-electron chi connectivity index (χ1n) is 5.59. The molecule has 1 aromatic carbocycles. The van der Waals surface area contributed by atoms with Gasteiger partial charge in [-0.2, -0.15) is 0 Å². The molecule has 1 heterocycles. The van der Waals surface area contributed by atoms with Crippen molar-refractivity contribution in [2.24, 2.45) is 5.73 Å². The molecule has 0 aliphatic carbocycles. The molecule has 19 heavy (non-hydrogen) atoms. The number of hydrogen-bond acceptors (Lipinski definition) is 3. The Morgan fingerprint density at radius 3 is 2.79 bits per heavy atom. The van der Waals surface area contributed by atoms with Gasteiger partial charge in [-0.25, -0.2) is 9.37 Å². The lowest BCUT2D eigenvalue weighted by Crippen LogP contribution is -2.25. The number of benzene rings is 1. The van der Waals surface area contributed by atoms with Crippen LogP contribution in [0.25, 0.3) is 0 Å². The minimum atomic E-state index is -0.772. The maximum atomic E-state index is 13.7. The van der Waals surface area contributed by atoms with E-state index in [-0.39, 0.29) is 18.1 Å². The van der Waals surface area contributed by atoms with Gasteiger partial charge in [0.2, 0.25) is 0 Å². The zero-order chi connectivity index (χ0) is 14.0. The third kappa shape index (κ3) is 2.67. The quantitative estimate of drug-likeness (QED) is 0.889. The largest absolute Gasteiger partial charge is 0.364 e. The highest BCUT2D eigenvalue weighted by atomic mass is 19.1. The minimum Gasteiger partial charge on any atom is -0.364 e. The number of carbonyl (C=O) groups is 1. The Morgan fingerprint density at radius 2 is 2.21 bits per heavy atom. The number of hydrogen-bond donors (Lipinski definition) is 1. The van der Waals surface area contributed by atoms with E-state index in [1.807, 2.05) is 0 Å². The van der Waals surface area contributed by atoms with Crippen LogP contribution in [0.1, 0.15) is 21.6 Å². The minimum absolute atomic E-state index is 0.0589. The lowest BCUT2D eigenvalue weighted by Gasteiger charge is -2.09. The summed E-state index contributed by atoms with van der Waals surface area (Å²) in [6.07, 6.45) is 1.19. The summed E-state index contributed by atoms with van der Waals surface area (Å²) in [5, 5.41) is 0. The van der Waals surface area contributed by atoms with Gasteiger partial charge in [-0.1, -0.05) is 12.1 Å². The van der Waals surface area contributed by atoms with Gasteiger partial charge in [-0.15, -0.1) is 0 Å². The number of nitrogens with zero attached hydrogens (tertiary/aromatic N) is 2. The maximum Gasteiger partial charge on any atom is 0.267 e. The van der Waals surface area contributed by atoms with Crippen molar-refractivity contribution in [3.05, 3.63) is 63.6 Å². The van der Waals surface area contributed by atoms with Crippen molar-refractivity contribution in [3.63, 3.8) is 0 Å². The first-order chi connectivity index (χ1) is 8.99. The zero-order valence-corrected chi connectivity index (χ0v) is 10.3. The predicted octanol–water partition coefficient (Wildman–Crippen LogP) is 0.838. The summed E-state index contributed by atoms with van der Waals surface area (Å²) in [6, 6.07) is 5.73. The van der Waals surface area contributed by atoms with Crippen molar-refractivity contribution >= 4 is 5.91 Å². The van der Waals surface area contributed by atoms with Gasteiger partial charge in [0.1, 0.15) is 11.5 Å². The molecule has 0 atom stereocenters. The average Bonchev–Trinajstić information content (AvgIpc) is 2.35. The summed E-state index contributed by atoms with van der Waals surface area (Å²) in [7, 11) is 0. The number of rotatable bonds is 3. The Morgan fingerprint density at radius 1 is 1.47 bits per heavy atom. The number of primary amides is 1. The van der Waals surface area contributed by atoms with Gasteiger partial charge >= 0.3 is 0 Å². The van der Waals surface area contributed by atoms with E-state index in [0.29, 0.717) is 5.56 Å². The van der Waals surface area contributed by atoms with Gasteiger partial charge in [0.05, 0.1) is 12.9 Å². The van der Waals surface area contributed by atoms with Crippen LogP contribution in [-0.2, 0) is 6.54 Å². The van der Waals surface area contributed by atoms with E-state index in [4.69, 9.17) is 5.73 Å². The molecule has 2 N–H and O–H groups in total. The van der Waals surface area contributed by atoms with E-state index >= 15 is 0 Å². The molecule has 1 amide bonds. The molecular weight excluding hydrogens is 249 g/mol. The molecule has 98 valence electrons. The molecule has 0 bridgehead atoms. The van der Waals surface area contributed by atoms with Crippen LogP contribution < -0.4 is 11.3 Å². The molecule has 0 aliphatic heterocycles. The monoisotopic (exact) mass is 261 g/mol. The topological polar surface area (TPSA) is 78.0 Å². The fourth-order valence-corrected chi connectivity index (χ4v) is 1.72. The molecule has 2 rings (SSSR count). The fraction of sp³-hybridized carbons (Fsp3) is 0.154. The molecule has 1 aromatic heterocycles. The van der Waals surface area contributed by atoms with Gasteiger partial charge in [-0.05, 0) is 18.6 Å². The summed E-state index contributed by atoms with van der Waals surface area (Å²) in [6.45, 7) is 1.82. The molecule has 0 unspecified atom stereocenters. The predicted molar refractivity (Wildman–Crippen MR) is 67.3 cm³/mol. The molecule has 0 saturated heterocycles. The number of nitrogens with two attached hydrogens (primary N) is 1. The number of halogens is 1. The Hall–Kier alpha value is -2.50. The van der Waals surface area contributed by atoms with Crippen LogP contribution in [0.2, 0.25) is 0 Å². The van der Waals surface area contributed by atoms with Crippen LogP contribution in [0.3, 0.4) is 0 Å². The summed E-state index contributed by atoms with van der Waals surface area (Å²) in [5.41, 5.74) is 5.62. The van der Waals surface area contributed by atoms with Crippen molar-refractivity contribution in [2.75, 3.05) is 0 Å². The van der Waals surface area contributed by atoms with E-state index < -0.39 is 11.5 Å². The van der Waals surface area contributed by atoms with E-state index in [9.17, 15) is 14.0 Å². The van der Waals surface area contributed by atoms with Gasteiger partial charge in [0, 0.05) is 11.6 Å². The average molecular weight is 261 g/mol. The lowest BCUT2D eigenvalue weighted by atomic mass is 10.1. The Labute approximate surface area is 108 Å². The van der Waals surface area contributed by atoms with Crippen LogP contribution >= 0.6 is 0 Å². The van der Waals surface area contributed by atoms with Crippen molar-refractivity contribution in [2.45, 2.75) is 13.5 Å². The second-order valence-electron chi connectivity index (χ2n) is 4.14. The fourth-order valence-electron chi connectivity index (χ4n) is 1.72. The summed E-state index contributed by atoms with van der Waals surface area (Å²) >= 11 is 0. The lowest BCUT2D eigenvalue weighted by molar-refractivity contribution is 0.0995. The van der Waals surface area contributed by atoms with Crippen molar-refractivity contribution in [1.29, 1.82) is 0 Å². The summed E-state index contributed by atoms with van der Waals surface area (Å²) in [4.78, 5) is 26.4. The van der Waals surface area contributed by atoms with Crippen LogP contribution in [-0.4, -0.2) is 15.5 Å². The highest BCUT2D eigenvalue weighted by Crippen LogP contribution is 2.13. The first kappa shape index (κ1) is 12.9. The van der Waals surface area contributed by atoms with Crippen molar-refractivity contribution in [3.8, 4) is 0 Å². The van der Waals surface area contributed by atoms with E-state index in [1.54, 1.807) is 19.1 Å². The SMILES string of the molecule is Cc1cccc(F)c1Cn1cnc(C(N)=O)cc1=O. The summed E-state index contributed by atoms with van der Waals surface area (Å²) in [5.74, 6) is -1.16. The second-order valence-corrected chi connectivity index (χ2v) is 4.14. The molecule has 2 aromatic rings. The van der Waals surface area contributed by atoms with E-state index in [1.165, 1.54) is 17.0 Å². The van der Waals surface area contributed by atoms with E-state index in [0.717, 1.165) is 11.6 Å². The standard InChI is InChI=1S/C13H12FN3O2/c1-8-3-2-4-10(14)9(8)6-17-7-16-11(13(15)19)5-12(17)18/h2-5,7H,6H2,1H3,(H2,15,19). The van der Waals surface area contributed by atoms with Gasteiger partial charge in [0.15, 0.2) is 0 Å². The third-order valence-electron chi connectivity index (χ3n) is 2.81. The second kappa shape index (κ2) is 5.01. The zero-order valence-electron chi connectivity index (χ0n) is 10.3. The molecule has 0 spiro atoms. The van der Waals surface area contributed by atoms with Crippen LogP contribution in [0, 0.1) is 12.7 Å². The number of carbonyl (C=O) groups excluding carboxylic acids is 1. The van der Waals surface area contributed by atoms with Crippen molar-refractivity contribution < 1.29 is 9.18 Å². The smallest absolute Gasteiger partial charge is 0.267 e. The third-order valence-corrected chi connectivity index (χ3v) is 2.81. The van der Waals surface area contributed by atoms with Crippen molar-refractivity contribution in [1.82, 2.24) is 9.55 Å². The molecule has 0 fully saturated rings. The Bertz CT molecular complexity index is 674. The number of amides is 1. The maximum absolute atomic E-state index is 13.7. The first-order valence-corrected chi connectivity index (χ1v) is 5.59. The Kier molecular flexibility index (Phi) is 3.41. The van der Waals surface area contributed by atoms with E-state index in [2.05, 4.69) is 4.98 Å². The van der Waals surface area contributed by atoms with Crippen LogP contribution in [0.15, 0.2) is 35.4 Å². The molecule has 6 heteroatoms. The van der Waals surface area contributed by atoms with Gasteiger partial charge in [-0.3, -0.25) is 14.2 Å². The van der Waals surface area contributed by atoms with Crippen LogP contribution in [0.5, 0.6) is 0 Å². The molecular formula is C13H12FN3O2. The Balaban J connectivity index is 2.40. The van der Waals surface area contributed by atoms with Gasteiger partial charge < -0.3 is 5.73 Å². The highest BCUT2D eigenvalue weighted by Gasteiger charge is 2.09. The normalized spacial score (nSPS) is 10.4. The molecule has 0 saturated carbocycles. The highest BCUT2D eigenvalue weighted by molar-refractivity contribution is 5.90. The molecule has 5 nitrogen and oxygen atoms in total. The summed E-state index contributed by atoms with van der Waals surface area (Å²) < 4.78 is 14.9. The number of aromatic nitrogens is 2. The number of aryl methyl sites for hydroxylation is 1. The molecule has 0 radical (unpaired) electrons. The van der Waals surface area contributed by atoms with Crippen LogP contribution in [0.4, 0.5) is 4.39 Å².